The van der Waals surface area contributed by atoms with Gasteiger partial charge < -0.3 is 0 Å². The molecule has 0 spiro atoms. The van der Waals surface area contributed by atoms with Crippen LogP contribution in [0.4, 0.5) is 0 Å². The Hall–Kier alpha value is -1.11. The summed E-state index contributed by atoms with van der Waals surface area (Å²) in [6.07, 6.45) is 6.91. The summed E-state index contributed by atoms with van der Waals surface area (Å²) in [5.74, 6) is 0. The molecule has 0 aliphatic heterocycles. The maximum absolute atomic E-state index is 10.6. The first kappa shape index (κ1) is 11.4. The first-order valence-corrected chi connectivity index (χ1v) is 6.00. The number of isocyanates is 1. The monoisotopic (exact) mass is 235 g/mol. The van der Waals surface area contributed by atoms with Gasteiger partial charge in [0.25, 0.3) is 0 Å². The molecule has 0 aromatic heterocycles. The molecule has 2 rings (SSSR count). The zero-order chi connectivity index (χ0) is 11.4. The summed E-state index contributed by atoms with van der Waals surface area (Å²) in [4.78, 5) is 14.7. The van der Waals surface area contributed by atoms with E-state index in [-0.39, 0.29) is 0 Å². The number of benzene rings is 1. The molecule has 0 heterocycles. The van der Waals surface area contributed by atoms with E-state index in [2.05, 4.69) is 4.99 Å². The third-order valence-electron chi connectivity index (χ3n) is 3.32. The van der Waals surface area contributed by atoms with E-state index in [0.29, 0.717) is 5.02 Å². The summed E-state index contributed by atoms with van der Waals surface area (Å²) in [5, 5.41) is 0.698. The summed E-state index contributed by atoms with van der Waals surface area (Å²) < 4.78 is 0. The number of nitrogens with zero attached hydrogens (tertiary/aromatic N) is 1. The molecule has 16 heavy (non-hydrogen) atoms. The molecule has 2 nitrogen and oxygen atoms in total. The van der Waals surface area contributed by atoms with Crippen LogP contribution in [0, 0.1) is 0 Å². The molecule has 0 bridgehead atoms. The molecule has 1 fully saturated rings. The highest BCUT2D eigenvalue weighted by atomic mass is 35.5. The van der Waals surface area contributed by atoms with E-state index < -0.39 is 5.54 Å². The second kappa shape index (κ2) is 4.82. The zero-order valence-corrected chi connectivity index (χ0v) is 9.83. The minimum Gasteiger partial charge on any atom is -0.211 e. The quantitative estimate of drug-likeness (QED) is 0.566. The normalized spacial score (nSPS) is 18.8. The summed E-state index contributed by atoms with van der Waals surface area (Å²) in [6, 6.07) is 7.66. The van der Waals surface area contributed by atoms with E-state index >= 15 is 0 Å². The van der Waals surface area contributed by atoms with Crippen molar-refractivity contribution in [2.75, 3.05) is 0 Å². The average molecular weight is 236 g/mol. The highest BCUT2D eigenvalue weighted by Gasteiger charge is 2.35. The van der Waals surface area contributed by atoms with Crippen LogP contribution >= 0.6 is 11.6 Å². The molecule has 0 unspecified atom stereocenters. The molecule has 0 saturated heterocycles. The molecule has 0 radical (unpaired) electrons. The van der Waals surface area contributed by atoms with Crippen LogP contribution in [0.2, 0.25) is 5.02 Å². The van der Waals surface area contributed by atoms with Crippen LogP contribution in [0.1, 0.15) is 37.7 Å². The highest BCUT2D eigenvalue weighted by Crippen LogP contribution is 2.42. The topological polar surface area (TPSA) is 29.4 Å². The van der Waals surface area contributed by atoms with Gasteiger partial charge in [0.15, 0.2) is 0 Å². The van der Waals surface area contributed by atoms with Crippen LogP contribution in [0.5, 0.6) is 0 Å². The van der Waals surface area contributed by atoms with Crippen molar-refractivity contribution < 1.29 is 4.79 Å². The molecule has 0 atom stereocenters. The van der Waals surface area contributed by atoms with E-state index in [9.17, 15) is 4.79 Å². The van der Waals surface area contributed by atoms with Crippen LogP contribution in [0.15, 0.2) is 29.3 Å². The van der Waals surface area contributed by atoms with E-state index in [1.54, 1.807) is 6.08 Å². The van der Waals surface area contributed by atoms with Crippen molar-refractivity contribution in [2.24, 2.45) is 4.99 Å². The van der Waals surface area contributed by atoms with E-state index in [0.717, 1.165) is 31.2 Å². The SMILES string of the molecule is O=C=NC1(c2ccccc2Cl)CCCCC1. The molecule has 1 aliphatic carbocycles. The maximum Gasteiger partial charge on any atom is 0.235 e. The Labute approximate surface area is 100 Å². The standard InChI is InChI=1S/C13H14ClNO/c14-12-7-3-2-6-11(12)13(15-10-16)8-4-1-5-9-13/h2-3,6-7H,1,4-5,8-9H2. The fourth-order valence-corrected chi connectivity index (χ4v) is 2.82. The Morgan fingerprint density at radius 3 is 2.50 bits per heavy atom. The second-order valence-corrected chi connectivity index (χ2v) is 4.68. The number of halogens is 1. The van der Waals surface area contributed by atoms with E-state index in [1.807, 2.05) is 24.3 Å². The van der Waals surface area contributed by atoms with Gasteiger partial charge in [0, 0.05) is 5.02 Å². The first-order valence-electron chi connectivity index (χ1n) is 5.62. The van der Waals surface area contributed by atoms with Crippen molar-refractivity contribution in [2.45, 2.75) is 37.6 Å². The summed E-state index contributed by atoms with van der Waals surface area (Å²) in [7, 11) is 0. The summed E-state index contributed by atoms with van der Waals surface area (Å²) >= 11 is 6.19. The Kier molecular flexibility index (Phi) is 3.42. The molecule has 1 saturated carbocycles. The highest BCUT2D eigenvalue weighted by molar-refractivity contribution is 6.31. The zero-order valence-electron chi connectivity index (χ0n) is 9.08. The van der Waals surface area contributed by atoms with Crippen LogP contribution in [0.25, 0.3) is 0 Å². The smallest absolute Gasteiger partial charge is 0.211 e. The van der Waals surface area contributed by atoms with Gasteiger partial charge in [0.1, 0.15) is 0 Å². The number of hydrogen-bond donors (Lipinski definition) is 0. The van der Waals surface area contributed by atoms with Gasteiger partial charge in [-0.1, -0.05) is 49.1 Å². The van der Waals surface area contributed by atoms with E-state index in [4.69, 9.17) is 11.6 Å². The number of aliphatic imine (C=N–C) groups is 1. The van der Waals surface area contributed by atoms with Crippen molar-refractivity contribution in [3.05, 3.63) is 34.9 Å². The third kappa shape index (κ3) is 2.04. The van der Waals surface area contributed by atoms with Crippen LogP contribution in [-0.2, 0) is 10.3 Å². The van der Waals surface area contributed by atoms with Gasteiger partial charge in [0.2, 0.25) is 6.08 Å². The number of hydrogen-bond acceptors (Lipinski definition) is 2. The minimum absolute atomic E-state index is 0.418. The summed E-state index contributed by atoms with van der Waals surface area (Å²) in [6.45, 7) is 0. The molecular formula is C13H14ClNO. The maximum atomic E-state index is 10.6. The van der Waals surface area contributed by atoms with Gasteiger partial charge in [-0.15, -0.1) is 0 Å². The lowest BCUT2D eigenvalue weighted by molar-refractivity contribution is 0.304. The van der Waals surface area contributed by atoms with Crippen molar-refractivity contribution >= 4 is 17.7 Å². The van der Waals surface area contributed by atoms with Gasteiger partial charge >= 0.3 is 0 Å². The lowest BCUT2D eigenvalue weighted by atomic mass is 9.77. The molecule has 84 valence electrons. The lowest BCUT2D eigenvalue weighted by Crippen LogP contribution is -2.27. The van der Waals surface area contributed by atoms with Gasteiger partial charge in [-0.05, 0) is 24.5 Å². The van der Waals surface area contributed by atoms with Crippen LogP contribution in [0.3, 0.4) is 0 Å². The largest absolute Gasteiger partial charge is 0.235 e. The van der Waals surface area contributed by atoms with E-state index in [1.165, 1.54) is 6.42 Å². The Bertz CT molecular complexity index is 418. The van der Waals surface area contributed by atoms with Crippen molar-refractivity contribution in [1.29, 1.82) is 0 Å². The Morgan fingerprint density at radius 1 is 1.19 bits per heavy atom. The molecule has 1 aromatic carbocycles. The first-order chi connectivity index (χ1) is 7.78. The van der Waals surface area contributed by atoms with Gasteiger partial charge in [-0.3, -0.25) is 0 Å². The predicted molar refractivity (Wildman–Crippen MR) is 64.3 cm³/mol. The van der Waals surface area contributed by atoms with Crippen molar-refractivity contribution in [3.63, 3.8) is 0 Å². The van der Waals surface area contributed by atoms with Gasteiger partial charge in [-0.2, -0.15) is 4.99 Å². The number of carbonyl (C=O) groups excluding carboxylic acids is 1. The van der Waals surface area contributed by atoms with Crippen LogP contribution in [-0.4, -0.2) is 6.08 Å². The molecule has 1 aliphatic rings. The van der Waals surface area contributed by atoms with Gasteiger partial charge in [0.05, 0.1) is 5.54 Å². The Balaban J connectivity index is 2.46. The molecule has 3 heteroatoms. The molecular weight excluding hydrogens is 222 g/mol. The molecule has 0 N–H and O–H groups in total. The third-order valence-corrected chi connectivity index (χ3v) is 3.65. The fourth-order valence-electron chi connectivity index (χ4n) is 2.50. The van der Waals surface area contributed by atoms with Crippen molar-refractivity contribution in [1.82, 2.24) is 0 Å². The molecule has 1 aromatic rings. The molecule has 0 amide bonds. The van der Waals surface area contributed by atoms with Crippen molar-refractivity contribution in [3.8, 4) is 0 Å². The van der Waals surface area contributed by atoms with Crippen LogP contribution < -0.4 is 0 Å². The van der Waals surface area contributed by atoms with Gasteiger partial charge in [-0.25, -0.2) is 4.79 Å². The number of rotatable bonds is 2. The summed E-state index contributed by atoms with van der Waals surface area (Å²) in [5.41, 5.74) is 0.554. The lowest BCUT2D eigenvalue weighted by Gasteiger charge is -2.33. The fraction of sp³-hybridized carbons (Fsp3) is 0.462. The average Bonchev–Trinajstić information content (AvgIpc) is 2.31. The minimum atomic E-state index is -0.418. The second-order valence-electron chi connectivity index (χ2n) is 4.28. The predicted octanol–water partition coefficient (Wildman–Crippen LogP) is 3.84. The Morgan fingerprint density at radius 2 is 1.88 bits per heavy atom.